The molecule has 2 aliphatic rings. The number of ether oxygens (including phenoxy) is 2. The first kappa shape index (κ1) is 22.6. The van der Waals surface area contributed by atoms with Crippen LogP contribution in [0.5, 0.6) is 11.5 Å². The molecule has 4 rings (SSSR count). The standard InChI is InChI=1S/C26H28N2O5/c1-32-20-10-6-17(7-11-20)16-19-4-3-5-22-25(19)27-28(23(29)14-15-24(30)31)26(22)18-8-12-21(33-2)13-9-18/h6-13,16,22,26H,3-5,14-15H2,1-2H3,(H,30,31)/t22-,26-/m0/s1. The van der Waals surface area contributed by atoms with E-state index in [1.807, 2.05) is 48.5 Å². The van der Waals surface area contributed by atoms with Crippen molar-refractivity contribution in [2.45, 2.75) is 38.1 Å². The van der Waals surface area contributed by atoms with Crippen LogP contribution >= 0.6 is 0 Å². The fourth-order valence-electron chi connectivity index (χ4n) is 4.57. The van der Waals surface area contributed by atoms with E-state index in [-0.39, 0.29) is 30.7 Å². The molecule has 2 aromatic carbocycles. The second kappa shape index (κ2) is 9.90. The van der Waals surface area contributed by atoms with Crippen molar-refractivity contribution in [3.63, 3.8) is 0 Å². The van der Waals surface area contributed by atoms with Gasteiger partial charge in [-0.2, -0.15) is 5.10 Å². The van der Waals surface area contributed by atoms with Gasteiger partial charge in [-0.25, -0.2) is 5.01 Å². The van der Waals surface area contributed by atoms with Gasteiger partial charge in [-0.15, -0.1) is 0 Å². The Morgan fingerprint density at radius 2 is 1.67 bits per heavy atom. The molecule has 7 heteroatoms. The largest absolute Gasteiger partial charge is 0.497 e. The Labute approximate surface area is 193 Å². The third-order valence-corrected chi connectivity index (χ3v) is 6.22. The van der Waals surface area contributed by atoms with E-state index in [0.717, 1.165) is 53.2 Å². The Bertz CT molecular complexity index is 1070. The highest BCUT2D eigenvalue weighted by atomic mass is 16.5. The minimum Gasteiger partial charge on any atom is -0.497 e. The zero-order valence-corrected chi connectivity index (χ0v) is 18.9. The van der Waals surface area contributed by atoms with E-state index in [0.29, 0.717) is 0 Å². The van der Waals surface area contributed by atoms with E-state index in [1.165, 1.54) is 5.01 Å². The first-order chi connectivity index (χ1) is 16.0. The highest BCUT2D eigenvalue weighted by Crippen LogP contribution is 2.45. The van der Waals surface area contributed by atoms with Crippen LogP contribution < -0.4 is 9.47 Å². The van der Waals surface area contributed by atoms with Crippen molar-refractivity contribution in [2.24, 2.45) is 11.0 Å². The number of fused-ring (bicyclic) bond motifs is 1. The van der Waals surface area contributed by atoms with Crippen LogP contribution in [-0.4, -0.2) is 41.9 Å². The molecular weight excluding hydrogens is 420 g/mol. The lowest BCUT2D eigenvalue weighted by Gasteiger charge is -2.29. The molecule has 1 saturated carbocycles. The summed E-state index contributed by atoms with van der Waals surface area (Å²) >= 11 is 0. The topological polar surface area (TPSA) is 88.4 Å². The highest BCUT2D eigenvalue weighted by Gasteiger charge is 2.43. The van der Waals surface area contributed by atoms with Crippen LogP contribution in [0.1, 0.15) is 49.3 Å². The highest BCUT2D eigenvalue weighted by molar-refractivity contribution is 6.08. The van der Waals surface area contributed by atoms with Gasteiger partial charge in [0.2, 0.25) is 5.91 Å². The molecule has 2 atom stereocenters. The lowest BCUT2D eigenvalue weighted by molar-refractivity contribution is -0.141. The van der Waals surface area contributed by atoms with Crippen molar-refractivity contribution in [3.8, 4) is 11.5 Å². The van der Waals surface area contributed by atoms with Gasteiger partial charge in [0.1, 0.15) is 11.5 Å². The summed E-state index contributed by atoms with van der Waals surface area (Å²) < 4.78 is 10.5. The number of amides is 1. The maximum atomic E-state index is 13.0. The second-order valence-electron chi connectivity index (χ2n) is 8.28. The molecule has 172 valence electrons. The Morgan fingerprint density at radius 1 is 1.03 bits per heavy atom. The zero-order chi connectivity index (χ0) is 23.4. The zero-order valence-electron chi connectivity index (χ0n) is 18.9. The number of nitrogens with zero attached hydrogens (tertiary/aromatic N) is 2. The van der Waals surface area contributed by atoms with E-state index < -0.39 is 5.97 Å². The molecule has 0 unspecified atom stereocenters. The molecule has 0 aromatic heterocycles. The molecule has 1 N–H and O–H groups in total. The number of benzene rings is 2. The van der Waals surface area contributed by atoms with Crippen molar-refractivity contribution < 1.29 is 24.2 Å². The van der Waals surface area contributed by atoms with Gasteiger partial charge in [-0.3, -0.25) is 9.59 Å². The molecule has 0 radical (unpaired) electrons. The van der Waals surface area contributed by atoms with Gasteiger partial charge in [0.15, 0.2) is 0 Å². The van der Waals surface area contributed by atoms with Crippen LogP contribution in [-0.2, 0) is 9.59 Å². The minimum absolute atomic E-state index is 0.0606. The normalized spacial score (nSPS) is 20.8. The summed E-state index contributed by atoms with van der Waals surface area (Å²) in [6.45, 7) is 0. The van der Waals surface area contributed by atoms with Crippen molar-refractivity contribution in [1.82, 2.24) is 5.01 Å². The van der Waals surface area contributed by atoms with Gasteiger partial charge in [-0.05, 0) is 66.3 Å². The van der Waals surface area contributed by atoms with Crippen LogP contribution in [0.3, 0.4) is 0 Å². The minimum atomic E-state index is -0.992. The van der Waals surface area contributed by atoms with Crippen LogP contribution in [0.4, 0.5) is 0 Å². The predicted molar refractivity (Wildman–Crippen MR) is 125 cm³/mol. The number of aliphatic carboxylic acids is 1. The van der Waals surface area contributed by atoms with Gasteiger partial charge >= 0.3 is 5.97 Å². The molecule has 1 fully saturated rings. The number of carboxylic acids is 1. The molecule has 7 nitrogen and oxygen atoms in total. The molecule has 1 amide bonds. The van der Waals surface area contributed by atoms with Gasteiger partial charge in [0, 0.05) is 12.3 Å². The Kier molecular flexibility index (Phi) is 6.77. The molecule has 0 saturated heterocycles. The lowest BCUT2D eigenvalue weighted by Crippen LogP contribution is -2.32. The van der Waals surface area contributed by atoms with Crippen molar-refractivity contribution in [3.05, 3.63) is 65.2 Å². The Balaban J connectivity index is 1.69. The van der Waals surface area contributed by atoms with E-state index in [1.54, 1.807) is 14.2 Å². The summed E-state index contributed by atoms with van der Waals surface area (Å²) in [5, 5.41) is 15.4. The maximum absolute atomic E-state index is 13.0. The summed E-state index contributed by atoms with van der Waals surface area (Å²) in [5.41, 5.74) is 4.05. The van der Waals surface area contributed by atoms with E-state index >= 15 is 0 Å². The number of hydrogen-bond donors (Lipinski definition) is 1. The molecule has 1 heterocycles. The quantitative estimate of drug-likeness (QED) is 0.664. The summed E-state index contributed by atoms with van der Waals surface area (Å²) in [4.78, 5) is 24.1. The fraction of sp³-hybridized carbons (Fsp3) is 0.346. The van der Waals surface area contributed by atoms with Gasteiger partial charge in [-0.1, -0.05) is 24.3 Å². The first-order valence-corrected chi connectivity index (χ1v) is 11.1. The lowest BCUT2D eigenvalue weighted by atomic mass is 9.77. The fourth-order valence-corrected chi connectivity index (χ4v) is 4.57. The number of allylic oxidation sites excluding steroid dienone is 1. The number of carbonyl (C=O) groups is 2. The van der Waals surface area contributed by atoms with Crippen molar-refractivity contribution >= 4 is 23.7 Å². The molecular formula is C26H28N2O5. The van der Waals surface area contributed by atoms with Crippen LogP contribution in [0.15, 0.2) is 59.2 Å². The average molecular weight is 449 g/mol. The number of methoxy groups -OCH3 is 2. The third kappa shape index (κ3) is 4.92. The second-order valence-corrected chi connectivity index (χ2v) is 8.28. The summed E-state index contributed by atoms with van der Waals surface area (Å²) in [7, 11) is 3.26. The van der Waals surface area contributed by atoms with Crippen molar-refractivity contribution in [1.29, 1.82) is 0 Å². The summed E-state index contributed by atoms with van der Waals surface area (Å²) in [6, 6.07) is 15.3. The maximum Gasteiger partial charge on any atom is 0.303 e. The van der Waals surface area contributed by atoms with Crippen LogP contribution in [0, 0.1) is 5.92 Å². The first-order valence-electron chi connectivity index (χ1n) is 11.1. The number of hydrazone groups is 1. The molecule has 33 heavy (non-hydrogen) atoms. The molecule has 1 aliphatic carbocycles. The van der Waals surface area contributed by atoms with Gasteiger partial charge in [0.05, 0.1) is 32.4 Å². The predicted octanol–water partition coefficient (Wildman–Crippen LogP) is 4.69. The molecule has 1 aliphatic heterocycles. The molecule has 0 bridgehead atoms. The van der Waals surface area contributed by atoms with Crippen molar-refractivity contribution in [2.75, 3.05) is 14.2 Å². The van der Waals surface area contributed by atoms with E-state index in [9.17, 15) is 9.59 Å². The summed E-state index contributed by atoms with van der Waals surface area (Å²) in [6.07, 6.45) is 4.63. The number of hydrogen-bond acceptors (Lipinski definition) is 5. The number of carbonyl (C=O) groups excluding carboxylic acids is 1. The smallest absolute Gasteiger partial charge is 0.303 e. The molecule has 0 spiro atoms. The van der Waals surface area contributed by atoms with Gasteiger partial charge < -0.3 is 14.6 Å². The Morgan fingerprint density at radius 3 is 2.27 bits per heavy atom. The number of carboxylic acid groups (broad SMARTS) is 1. The average Bonchev–Trinajstić information content (AvgIpc) is 3.24. The van der Waals surface area contributed by atoms with Crippen LogP contribution in [0.25, 0.3) is 6.08 Å². The molecule has 2 aromatic rings. The van der Waals surface area contributed by atoms with E-state index in [2.05, 4.69) is 6.08 Å². The number of rotatable bonds is 7. The van der Waals surface area contributed by atoms with E-state index in [4.69, 9.17) is 19.7 Å². The summed E-state index contributed by atoms with van der Waals surface area (Å²) in [5.74, 6) is 0.333. The SMILES string of the molecule is COc1ccc(C=C2CCC[C@H]3C2=NN(C(=O)CCC(=O)O)[C@H]3c2ccc(OC)cc2)cc1. The van der Waals surface area contributed by atoms with Gasteiger partial charge in [0.25, 0.3) is 0 Å². The third-order valence-electron chi connectivity index (χ3n) is 6.22. The van der Waals surface area contributed by atoms with Crippen LogP contribution in [0.2, 0.25) is 0 Å². The monoisotopic (exact) mass is 448 g/mol. The Hall–Kier alpha value is -3.61.